The molecule has 4 nitrogen and oxygen atoms in total. The minimum atomic E-state index is -0.559. The molecule has 0 aromatic heterocycles. The first-order chi connectivity index (χ1) is 14.0. The predicted octanol–water partition coefficient (Wildman–Crippen LogP) is 4.80. The fraction of sp³-hybridized carbons (Fsp3) is 0.0400. The first-order valence-electron chi connectivity index (χ1n) is 9.54. The van der Waals surface area contributed by atoms with Gasteiger partial charge in [-0.15, -0.1) is 12.4 Å². The molecule has 0 aliphatic heterocycles. The molecule has 0 heterocycles. The van der Waals surface area contributed by atoms with Gasteiger partial charge >= 0.3 is 0 Å². The number of nitrogens with two attached hydrogens (primary N) is 4. The molecule has 1 aliphatic carbocycles. The zero-order chi connectivity index (χ0) is 20.2. The lowest BCUT2D eigenvalue weighted by Crippen LogP contribution is -2.29. The molecule has 0 amide bonds. The first-order valence-corrected chi connectivity index (χ1v) is 9.54. The Hall–Kier alpha value is -3.63. The number of hydrogen-bond acceptors (Lipinski definition) is 4. The smallest absolute Gasteiger partial charge is 0.0715 e. The molecular formula is C25H23ClN4. The van der Waals surface area contributed by atoms with Gasteiger partial charge in [0, 0.05) is 0 Å². The maximum Gasteiger partial charge on any atom is 0.0715 e. The van der Waals surface area contributed by atoms with E-state index in [0.29, 0.717) is 22.7 Å². The van der Waals surface area contributed by atoms with Crippen LogP contribution < -0.4 is 22.9 Å². The van der Waals surface area contributed by atoms with Crippen LogP contribution in [0.5, 0.6) is 0 Å². The van der Waals surface area contributed by atoms with Crippen molar-refractivity contribution in [2.75, 3.05) is 22.9 Å². The number of nitrogen functional groups attached to an aromatic ring is 4. The lowest BCUT2D eigenvalue weighted by atomic mass is 9.67. The van der Waals surface area contributed by atoms with Crippen LogP contribution in [0, 0.1) is 0 Å². The average molecular weight is 415 g/mol. The van der Waals surface area contributed by atoms with Crippen molar-refractivity contribution in [2.45, 2.75) is 5.41 Å². The zero-order valence-corrected chi connectivity index (χ0v) is 17.1. The molecule has 8 N–H and O–H groups in total. The van der Waals surface area contributed by atoms with Crippen LogP contribution in [0.25, 0.3) is 11.1 Å². The Morgan fingerprint density at radius 3 is 1.27 bits per heavy atom. The van der Waals surface area contributed by atoms with Crippen LogP contribution in [-0.4, -0.2) is 0 Å². The maximum atomic E-state index is 6.25. The summed E-state index contributed by atoms with van der Waals surface area (Å²) in [4.78, 5) is 0. The number of benzene rings is 4. The predicted molar refractivity (Wildman–Crippen MR) is 129 cm³/mol. The van der Waals surface area contributed by atoms with Crippen LogP contribution in [0.2, 0.25) is 0 Å². The highest BCUT2D eigenvalue weighted by molar-refractivity contribution is 5.87. The molecule has 150 valence electrons. The van der Waals surface area contributed by atoms with Crippen molar-refractivity contribution >= 4 is 35.2 Å². The van der Waals surface area contributed by atoms with Crippen molar-refractivity contribution in [3.63, 3.8) is 0 Å². The molecule has 5 rings (SSSR count). The number of hydrogen-bond donors (Lipinski definition) is 4. The molecule has 30 heavy (non-hydrogen) atoms. The molecule has 4 aromatic rings. The molecule has 0 fully saturated rings. The number of anilines is 4. The molecule has 0 unspecified atom stereocenters. The van der Waals surface area contributed by atoms with E-state index in [1.807, 2.05) is 24.3 Å². The summed E-state index contributed by atoms with van der Waals surface area (Å²) in [5.41, 5.74) is 33.2. The van der Waals surface area contributed by atoms with Crippen LogP contribution >= 0.6 is 12.4 Å². The van der Waals surface area contributed by atoms with Gasteiger partial charge in [-0.25, -0.2) is 0 Å². The third kappa shape index (κ3) is 2.54. The summed E-state index contributed by atoms with van der Waals surface area (Å²) in [6.07, 6.45) is 0. The molecule has 5 heteroatoms. The molecule has 0 spiro atoms. The maximum absolute atomic E-state index is 6.25. The monoisotopic (exact) mass is 414 g/mol. The van der Waals surface area contributed by atoms with E-state index < -0.39 is 5.41 Å². The van der Waals surface area contributed by atoms with Crippen LogP contribution in [0.4, 0.5) is 22.7 Å². The largest absolute Gasteiger partial charge is 0.397 e. The van der Waals surface area contributed by atoms with E-state index in [-0.39, 0.29) is 12.4 Å². The molecular weight excluding hydrogens is 392 g/mol. The lowest BCUT2D eigenvalue weighted by Gasteiger charge is -2.34. The standard InChI is InChI=1S/C25H22N4.ClH/c26-21-11-9-15(13-23(21)28)25(16-10-12-22(27)24(29)14-16)19-7-3-1-5-17(19)18-6-2-4-8-20(18)25;/h1-14H,26-29H2;1H. The van der Waals surface area contributed by atoms with Gasteiger partial charge in [-0.3, -0.25) is 0 Å². The molecule has 0 radical (unpaired) electrons. The van der Waals surface area contributed by atoms with Crippen molar-refractivity contribution in [2.24, 2.45) is 0 Å². The lowest BCUT2D eigenvalue weighted by molar-refractivity contribution is 0.770. The fourth-order valence-electron chi connectivity index (χ4n) is 4.64. The SMILES string of the molecule is Cl.Nc1ccc(C2(c3ccc(N)c(N)c3)c3ccccc3-c3ccccc32)cc1N. The highest BCUT2D eigenvalue weighted by Crippen LogP contribution is 2.56. The van der Waals surface area contributed by atoms with Gasteiger partial charge in [-0.1, -0.05) is 60.7 Å². The summed E-state index contributed by atoms with van der Waals surface area (Å²) in [6, 6.07) is 28.8. The number of fused-ring (bicyclic) bond motifs is 3. The second-order valence-electron chi connectivity index (χ2n) is 7.53. The Morgan fingerprint density at radius 2 is 0.867 bits per heavy atom. The van der Waals surface area contributed by atoms with Gasteiger partial charge in [0.2, 0.25) is 0 Å². The highest BCUT2D eigenvalue weighted by atomic mass is 35.5. The molecule has 0 atom stereocenters. The van der Waals surface area contributed by atoms with E-state index in [2.05, 4.69) is 60.7 Å². The van der Waals surface area contributed by atoms with Gasteiger partial charge in [0.1, 0.15) is 0 Å². The quantitative estimate of drug-likeness (QED) is 0.311. The van der Waals surface area contributed by atoms with Crippen LogP contribution in [0.3, 0.4) is 0 Å². The van der Waals surface area contributed by atoms with E-state index in [9.17, 15) is 0 Å². The summed E-state index contributed by atoms with van der Waals surface area (Å²) in [7, 11) is 0. The zero-order valence-electron chi connectivity index (χ0n) is 16.3. The van der Waals surface area contributed by atoms with Gasteiger partial charge in [-0.2, -0.15) is 0 Å². The normalized spacial score (nSPS) is 13.2. The number of rotatable bonds is 2. The molecule has 0 saturated carbocycles. The van der Waals surface area contributed by atoms with Crippen molar-refractivity contribution in [1.82, 2.24) is 0 Å². The van der Waals surface area contributed by atoms with Gasteiger partial charge in [-0.05, 0) is 57.6 Å². The summed E-state index contributed by atoms with van der Waals surface area (Å²) in [6.45, 7) is 0. The highest BCUT2D eigenvalue weighted by Gasteiger charge is 2.46. The van der Waals surface area contributed by atoms with Gasteiger partial charge in [0.25, 0.3) is 0 Å². The van der Waals surface area contributed by atoms with Gasteiger partial charge in [0.15, 0.2) is 0 Å². The van der Waals surface area contributed by atoms with Crippen LogP contribution in [0.15, 0.2) is 84.9 Å². The summed E-state index contributed by atoms with van der Waals surface area (Å²) in [5, 5.41) is 0. The van der Waals surface area contributed by atoms with Crippen molar-refractivity contribution in [3.8, 4) is 11.1 Å². The summed E-state index contributed by atoms with van der Waals surface area (Å²) in [5.74, 6) is 0. The average Bonchev–Trinajstić information content (AvgIpc) is 3.04. The Bertz CT molecular complexity index is 1170. The van der Waals surface area contributed by atoms with Crippen molar-refractivity contribution < 1.29 is 0 Å². The van der Waals surface area contributed by atoms with Crippen LogP contribution in [0.1, 0.15) is 22.3 Å². The number of halogens is 1. The summed E-state index contributed by atoms with van der Waals surface area (Å²) < 4.78 is 0. The molecule has 0 saturated heterocycles. The Balaban J connectivity index is 0.00000218. The van der Waals surface area contributed by atoms with Crippen molar-refractivity contribution in [3.05, 3.63) is 107 Å². The first kappa shape index (κ1) is 19.7. The van der Waals surface area contributed by atoms with E-state index >= 15 is 0 Å². The van der Waals surface area contributed by atoms with E-state index in [1.165, 1.54) is 22.3 Å². The minimum absolute atomic E-state index is 0. The van der Waals surface area contributed by atoms with Gasteiger partial charge < -0.3 is 22.9 Å². The topological polar surface area (TPSA) is 104 Å². The fourth-order valence-corrected chi connectivity index (χ4v) is 4.64. The third-order valence-corrected chi connectivity index (χ3v) is 5.99. The second kappa shape index (κ2) is 7.01. The Morgan fingerprint density at radius 1 is 0.467 bits per heavy atom. The summed E-state index contributed by atoms with van der Waals surface area (Å²) >= 11 is 0. The molecule has 4 aromatic carbocycles. The second-order valence-corrected chi connectivity index (χ2v) is 7.53. The van der Waals surface area contributed by atoms with Gasteiger partial charge in [0.05, 0.1) is 28.2 Å². The Labute approximate surface area is 181 Å². The van der Waals surface area contributed by atoms with E-state index in [4.69, 9.17) is 22.9 Å². The minimum Gasteiger partial charge on any atom is -0.397 e. The van der Waals surface area contributed by atoms with E-state index in [0.717, 1.165) is 11.1 Å². The molecule has 1 aliphatic rings. The van der Waals surface area contributed by atoms with Crippen LogP contribution in [-0.2, 0) is 5.41 Å². The van der Waals surface area contributed by atoms with Crippen molar-refractivity contribution in [1.29, 1.82) is 0 Å². The van der Waals surface area contributed by atoms with E-state index in [1.54, 1.807) is 0 Å². The Kier molecular flexibility index (Phi) is 4.60. The third-order valence-electron chi connectivity index (χ3n) is 5.99. The molecule has 0 bridgehead atoms.